The molecule has 0 saturated carbocycles. The average molecular weight is 471 g/mol. The van der Waals surface area contributed by atoms with Crippen LogP contribution in [-0.2, 0) is 25.8 Å². The molecule has 1 N–H and O–H groups in total. The molecular formula is C23H22N2O5S2. The maximum absolute atomic E-state index is 11.7. The fourth-order valence-corrected chi connectivity index (χ4v) is 4.51. The van der Waals surface area contributed by atoms with Gasteiger partial charge in [0.15, 0.2) is 15.0 Å². The summed E-state index contributed by atoms with van der Waals surface area (Å²) in [7, 11) is -3.26. The number of sulfone groups is 1. The highest BCUT2D eigenvalue weighted by atomic mass is 32.2. The first-order chi connectivity index (χ1) is 15.1. The van der Waals surface area contributed by atoms with Gasteiger partial charge in [0.05, 0.1) is 10.6 Å². The Morgan fingerprint density at radius 3 is 2.25 bits per heavy atom. The van der Waals surface area contributed by atoms with E-state index in [0.29, 0.717) is 23.0 Å². The lowest BCUT2D eigenvalue weighted by atomic mass is 10.1. The number of aromatic nitrogens is 1. The van der Waals surface area contributed by atoms with Crippen molar-refractivity contribution in [3.8, 4) is 5.75 Å². The number of amides is 1. The van der Waals surface area contributed by atoms with Crippen LogP contribution in [0.3, 0.4) is 0 Å². The van der Waals surface area contributed by atoms with Crippen molar-refractivity contribution in [1.82, 2.24) is 4.98 Å². The molecule has 1 heterocycles. The molecule has 0 saturated heterocycles. The van der Waals surface area contributed by atoms with E-state index in [4.69, 9.17) is 4.74 Å². The number of nitrogens with one attached hydrogen (secondary N) is 1. The maximum atomic E-state index is 11.7. The third-order valence-corrected chi connectivity index (χ3v) is 6.42. The number of hydrogen-bond acceptors (Lipinski definition) is 7. The van der Waals surface area contributed by atoms with Crippen LogP contribution in [0.5, 0.6) is 5.75 Å². The normalized spacial score (nSPS) is 11.5. The molecule has 0 aliphatic carbocycles. The number of anilines is 1. The molecule has 0 radical (unpaired) electrons. The topological polar surface area (TPSA) is 102 Å². The van der Waals surface area contributed by atoms with Crippen molar-refractivity contribution in [3.63, 3.8) is 0 Å². The first kappa shape index (κ1) is 23.4. The molecule has 1 aromatic heterocycles. The van der Waals surface area contributed by atoms with Gasteiger partial charge >= 0.3 is 5.97 Å². The number of rotatable bonds is 7. The van der Waals surface area contributed by atoms with Gasteiger partial charge in [0, 0.05) is 31.4 Å². The molecule has 2 aromatic carbocycles. The molecule has 0 unspecified atom stereocenters. The van der Waals surface area contributed by atoms with Gasteiger partial charge in [-0.3, -0.25) is 9.59 Å². The third-order valence-electron chi connectivity index (χ3n) is 4.30. The Balaban J connectivity index is 1.84. The SMILES string of the molecule is CC(=O)Nc1nc(C=Cc2ccc(OC(C)=O)cc2)c(Cc2ccc(S(C)(=O)=O)cc2)s1. The van der Waals surface area contributed by atoms with Crippen LogP contribution in [-0.4, -0.2) is 31.5 Å². The second-order valence-electron chi connectivity index (χ2n) is 7.10. The number of thiazole rings is 1. The lowest BCUT2D eigenvalue weighted by molar-refractivity contribution is -0.131. The maximum Gasteiger partial charge on any atom is 0.308 e. The molecule has 1 amide bonds. The second-order valence-corrected chi connectivity index (χ2v) is 10.2. The minimum absolute atomic E-state index is 0.209. The number of nitrogens with zero attached hydrogens (tertiary/aromatic N) is 1. The van der Waals surface area contributed by atoms with E-state index in [2.05, 4.69) is 10.3 Å². The van der Waals surface area contributed by atoms with Gasteiger partial charge < -0.3 is 10.1 Å². The zero-order chi connectivity index (χ0) is 23.3. The Hall–Kier alpha value is -3.30. The summed E-state index contributed by atoms with van der Waals surface area (Å²) in [6.45, 7) is 2.77. The van der Waals surface area contributed by atoms with Gasteiger partial charge in [0.25, 0.3) is 0 Å². The number of carbonyl (C=O) groups is 2. The van der Waals surface area contributed by atoms with E-state index in [1.54, 1.807) is 36.4 Å². The number of hydrogen-bond donors (Lipinski definition) is 1. The van der Waals surface area contributed by atoms with Crippen LogP contribution in [0.25, 0.3) is 12.2 Å². The summed E-state index contributed by atoms with van der Waals surface area (Å²) in [4.78, 5) is 28.2. The molecule has 0 spiro atoms. The Labute approximate surface area is 190 Å². The fourth-order valence-electron chi connectivity index (χ4n) is 2.85. The van der Waals surface area contributed by atoms with Crippen molar-refractivity contribution in [1.29, 1.82) is 0 Å². The minimum atomic E-state index is -3.26. The molecule has 3 aromatic rings. The molecule has 0 aliphatic rings. The quantitative estimate of drug-likeness (QED) is 0.410. The summed E-state index contributed by atoms with van der Waals surface area (Å²) in [5.41, 5.74) is 2.52. The van der Waals surface area contributed by atoms with Gasteiger partial charge in [-0.15, -0.1) is 11.3 Å². The third kappa shape index (κ3) is 6.60. The second kappa shape index (κ2) is 9.88. The van der Waals surface area contributed by atoms with E-state index in [-0.39, 0.29) is 16.8 Å². The molecule has 9 heteroatoms. The fraction of sp³-hybridized carbons (Fsp3) is 0.174. The van der Waals surface area contributed by atoms with Gasteiger partial charge in [0.2, 0.25) is 5.91 Å². The molecule has 3 rings (SSSR count). The van der Waals surface area contributed by atoms with Crippen LogP contribution >= 0.6 is 11.3 Å². The van der Waals surface area contributed by atoms with Crippen molar-refractivity contribution in [3.05, 3.63) is 70.2 Å². The van der Waals surface area contributed by atoms with Crippen LogP contribution < -0.4 is 10.1 Å². The van der Waals surface area contributed by atoms with Crippen molar-refractivity contribution in [2.75, 3.05) is 11.6 Å². The molecular weight excluding hydrogens is 448 g/mol. The number of ether oxygens (including phenoxy) is 1. The Bertz CT molecular complexity index is 1260. The van der Waals surface area contributed by atoms with Gasteiger partial charge in [-0.05, 0) is 41.5 Å². The predicted molar refractivity (Wildman–Crippen MR) is 125 cm³/mol. The predicted octanol–water partition coefficient (Wildman–Crippen LogP) is 4.19. The van der Waals surface area contributed by atoms with E-state index in [0.717, 1.165) is 16.0 Å². The summed E-state index contributed by atoms with van der Waals surface area (Å²) >= 11 is 1.37. The highest BCUT2D eigenvalue weighted by molar-refractivity contribution is 7.90. The molecule has 7 nitrogen and oxygen atoms in total. The lowest BCUT2D eigenvalue weighted by Gasteiger charge is -2.03. The first-order valence-electron chi connectivity index (χ1n) is 9.63. The van der Waals surface area contributed by atoms with Crippen molar-refractivity contribution in [2.24, 2.45) is 0 Å². The van der Waals surface area contributed by atoms with Gasteiger partial charge in [-0.25, -0.2) is 13.4 Å². The van der Waals surface area contributed by atoms with Crippen molar-refractivity contribution < 1.29 is 22.7 Å². The Kier molecular flexibility index (Phi) is 7.22. The van der Waals surface area contributed by atoms with E-state index in [1.165, 1.54) is 31.4 Å². The number of carbonyl (C=O) groups excluding carboxylic acids is 2. The van der Waals surface area contributed by atoms with Gasteiger partial charge in [-0.1, -0.05) is 30.3 Å². The van der Waals surface area contributed by atoms with Crippen LogP contribution in [0.1, 0.15) is 35.5 Å². The highest BCUT2D eigenvalue weighted by Crippen LogP contribution is 2.28. The molecule has 32 heavy (non-hydrogen) atoms. The van der Waals surface area contributed by atoms with Crippen LogP contribution in [0.2, 0.25) is 0 Å². The lowest BCUT2D eigenvalue weighted by Crippen LogP contribution is -2.04. The van der Waals surface area contributed by atoms with Crippen LogP contribution in [0.15, 0.2) is 53.4 Å². The highest BCUT2D eigenvalue weighted by Gasteiger charge is 2.12. The summed E-state index contributed by atoms with van der Waals surface area (Å²) in [5, 5.41) is 3.20. The van der Waals surface area contributed by atoms with Crippen molar-refractivity contribution in [2.45, 2.75) is 25.2 Å². The largest absolute Gasteiger partial charge is 0.427 e. The summed E-state index contributed by atoms with van der Waals surface area (Å²) in [6.07, 6.45) is 5.43. The zero-order valence-corrected chi connectivity index (χ0v) is 19.4. The van der Waals surface area contributed by atoms with Crippen LogP contribution in [0, 0.1) is 0 Å². The molecule has 0 bridgehead atoms. The summed E-state index contributed by atoms with van der Waals surface area (Å²) in [5.74, 6) is -0.121. The molecule has 0 atom stereocenters. The Morgan fingerprint density at radius 2 is 1.69 bits per heavy atom. The van der Waals surface area contributed by atoms with E-state index < -0.39 is 9.84 Å². The van der Waals surface area contributed by atoms with E-state index >= 15 is 0 Å². The van der Waals surface area contributed by atoms with Crippen LogP contribution in [0.4, 0.5) is 5.13 Å². The number of esters is 1. The molecule has 166 valence electrons. The average Bonchev–Trinajstić information content (AvgIpc) is 3.07. The minimum Gasteiger partial charge on any atom is -0.427 e. The smallest absolute Gasteiger partial charge is 0.308 e. The van der Waals surface area contributed by atoms with Gasteiger partial charge in [-0.2, -0.15) is 0 Å². The van der Waals surface area contributed by atoms with E-state index in [9.17, 15) is 18.0 Å². The van der Waals surface area contributed by atoms with E-state index in [1.807, 2.05) is 24.3 Å². The van der Waals surface area contributed by atoms with Gasteiger partial charge in [0.1, 0.15) is 5.75 Å². The summed E-state index contributed by atoms with van der Waals surface area (Å²) in [6, 6.07) is 13.8. The summed E-state index contributed by atoms with van der Waals surface area (Å²) < 4.78 is 28.4. The monoisotopic (exact) mass is 470 g/mol. The number of benzene rings is 2. The first-order valence-corrected chi connectivity index (χ1v) is 12.3. The zero-order valence-electron chi connectivity index (χ0n) is 17.8. The Morgan fingerprint density at radius 1 is 1.03 bits per heavy atom. The standard InChI is InChI=1S/C23H22N2O5S2/c1-15(26)24-23-25-21(13-8-17-4-9-19(10-5-17)30-16(2)27)22(31-23)14-18-6-11-20(12-7-18)32(3,28)29/h4-13H,14H2,1-3H3,(H,24,25,26). The van der Waals surface area contributed by atoms with Crippen molar-refractivity contribution >= 4 is 50.3 Å². The molecule has 0 fully saturated rings. The molecule has 0 aliphatic heterocycles.